The number of rotatable bonds is 4. The van der Waals surface area contributed by atoms with E-state index in [2.05, 4.69) is 5.32 Å². The maximum Gasteiger partial charge on any atom is 0.222 e. The number of hydrogen-bond acceptors (Lipinski definition) is 2. The fraction of sp³-hybridized carbons (Fsp3) is 0.933. The summed E-state index contributed by atoms with van der Waals surface area (Å²) >= 11 is 0. The van der Waals surface area contributed by atoms with Crippen LogP contribution in [-0.4, -0.2) is 37.0 Å². The molecule has 0 aromatic rings. The molecule has 1 aliphatic carbocycles. The first kappa shape index (κ1) is 13.9. The monoisotopic (exact) mass is 252 g/mol. The molecule has 1 heterocycles. The number of nitrogens with zero attached hydrogens (tertiary/aromatic N) is 1. The number of piperidine rings is 1. The van der Waals surface area contributed by atoms with E-state index in [4.69, 9.17) is 0 Å². The van der Waals surface area contributed by atoms with Crippen LogP contribution in [0.3, 0.4) is 0 Å². The van der Waals surface area contributed by atoms with Crippen LogP contribution in [0.15, 0.2) is 0 Å². The van der Waals surface area contributed by atoms with Gasteiger partial charge in [-0.15, -0.1) is 0 Å². The minimum atomic E-state index is 0.356. The molecule has 1 saturated heterocycles. The smallest absolute Gasteiger partial charge is 0.222 e. The van der Waals surface area contributed by atoms with Gasteiger partial charge in [0.05, 0.1) is 0 Å². The summed E-state index contributed by atoms with van der Waals surface area (Å²) in [5, 5.41) is 3.38. The molecule has 3 heteroatoms. The molecular weight excluding hydrogens is 224 g/mol. The van der Waals surface area contributed by atoms with Gasteiger partial charge in [-0.05, 0) is 31.7 Å². The third kappa shape index (κ3) is 3.98. The Morgan fingerprint density at radius 2 is 1.94 bits per heavy atom. The van der Waals surface area contributed by atoms with Crippen LogP contribution in [-0.2, 0) is 4.79 Å². The molecule has 1 unspecified atom stereocenters. The van der Waals surface area contributed by atoms with Crippen molar-refractivity contribution in [1.82, 2.24) is 10.2 Å². The predicted molar refractivity (Wildman–Crippen MR) is 74.5 cm³/mol. The highest BCUT2D eigenvalue weighted by Crippen LogP contribution is 2.27. The highest BCUT2D eigenvalue weighted by molar-refractivity contribution is 5.76. The molecule has 3 nitrogen and oxygen atoms in total. The van der Waals surface area contributed by atoms with Crippen LogP contribution < -0.4 is 5.32 Å². The molecule has 1 saturated carbocycles. The SMILES string of the molecule is CN(C(=O)CCC1CCCCC1)C1CCCNC1. The standard InChI is InChI=1S/C15H28N2O/c1-17(14-8-5-11-16-12-14)15(18)10-9-13-6-3-2-4-7-13/h13-14,16H,2-12H2,1H3. The van der Waals surface area contributed by atoms with E-state index in [-0.39, 0.29) is 0 Å². The van der Waals surface area contributed by atoms with E-state index in [1.54, 1.807) is 0 Å². The zero-order chi connectivity index (χ0) is 12.8. The van der Waals surface area contributed by atoms with Gasteiger partial charge in [-0.3, -0.25) is 4.79 Å². The van der Waals surface area contributed by atoms with E-state index in [0.29, 0.717) is 11.9 Å². The Morgan fingerprint density at radius 3 is 2.61 bits per heavy atom. The second-order valence-electron chi connectivity index (χ2n) is 6.05. The largest absolute Gasteiger partial charge is 0.342 e. The van der Waals surface area contributed by atoms with Gasteiger partial charge < -0.3 is 10.2 Å². The Hall–Kier alpha value is -0.570. The topological polar surface area (TPSA) is 32.3 Å². The Bertz CT molecular complexity index is 255. The first-order valence-electron chi connectivity index (χ1n) is 7.74. The lowest BCUT2D eigenvalue weighted by molar-refractivity contribution is -0.132. The molecule has 0 spiro atoms. The van der Waals surface area contributed by atoms with Crippen molar-refractivity contribution in [2.24, 2.45) is 5.92 Å². The summed E-state index contributed by atoms with van der Waals surface area (Å²) in [6, 6.07) is 0.428. The maximum atomic E-state index is 12.2. The van der Waals surface area contributed by atoms with E-state index in [0.717, 1.165) is 31.8 Å². The average molecular weight is 252 g/mol. The van der Waals surface area contributed by atoms with Crippen LogP contribution in [0, 0.1) is 5.92 Å². The van der Waals surface area contributed by atoms with Gasteiger partial charge in [-0.25, -0.2) is 0 Å². The van der Waals surface area contributed by atoms with Crippen molar-refractivity contribution in [3.8, 4) is 0 Å². The van der Waals surface area contributed by atoms with Gasteiger partial charge in [0.1, 0.15) is 0 Å². The molecule has 2 rings (SSSR count). The van der Waals surface area contributed by atoms with Crippen molar-refractivity contribution in [1.29, 1.82) is 0 Å². The van der Waals surface area contributed by atoms with E-state index in [1.807, 2.05) is 11.9 Å². The van der Waals surface area contributed by atoms with Crippen LogP contribution in [0.1, 0.15) is 57.8 Å². The number of amides is 1. The van der Waals surface area contributed by atoms with Gasteiger partial charge in [0.2, 0.25) is 5.91 Å². The van der Waals surface area contributed by atoms with Crippen LogP contribution in [0.2, 0.25) is 0 Å². The molecule has 2 aliphatic rings. The molecule has 104 valence electrons. The van der Waals surface area contributed by atoms with E-state index >= 15 is 0 Å². The summed E-state index contributed by atoms with van der Waals surface area (Å²) in [5.41, 5.74) is 0. The fourth-order valence-corrected chi connectivity index (χ4v) is 3.35. The second-order valence-corrected chi connectivity index (χ2v) is 6.05. The third-order valence-corrected chi connectivity index (χ3v) is 4.70. The van der Waals surface area contributed by atoms with Crippen LogP contribution in [0.4, 0.5) is 0 Å². The van der Waals surface area contributed by atoms with Gasteiger partial charge in [-0.1, -0.05) is 32.1 Å². The number of carbonyl (C=O) groups is 1. The Morgan fingerprint density at radius 1 is 1.17 bits per heavy atom. The van der Waals surface area contributed by atoms with Crippen molar-refractivity contribution in [3.63, 3.8) is 0 Å². The van der Waals surface area contributed by atoms with E-state index < -0.39 is 0 Å². The minimum Gasteiger partial charge on any atom is -0.342 e. The predicted octanol–water partition coefficient (Wildman–Crippen LogP) is 2.56. The summed E-state index contributed by atoms with van der Waals surface area (Å²) in [6.07, 6.45) is 11.1. The molecule has 1 N–H and O–H groups in total. The zero-order valence-electron chi connectivity index (χ0n) is 11.8. The van der Waals surface area contributed by atoms with Crippen LogP contribution in [0.25, 0.3) is 0 Å². The first-order valence-corrected chi connectivity index (χ1v) is 7.74. The van der Waals surface area contributed by atoms with Crippen molar-refractivity contribution < 1.29 is 4.79 Å². The number of hydrogen-bond donors (Lipinski definition) is 1. The van der Waals surface area contributed by atoms with Crippen LogP contribution in [0.5, 0.6) is 0 Å². The van der Waals surface area contributed by atoms with Crippen molar-refractivity contribution in [3.05, 3.63) is 0 Å². The van der Waals surface area contributed by atoms with Gasteiger partial charge in [0, 0.05) is 26.1 Å². The highest BCUT2D eigenvalue weighted by atomic mass is 16.2. The Balaban J connectivity index is 1.69. The summed E-state index contributed by atoms with van der Waals surface area (Å²) in [5.74, 6) is 1.18. The van der Waals surface area contributed by atoms with Crippen molar-refractivity contribution in [2.45, 2.75) is 63.8 Å². The Labute approximate surface area is 111 Å². The highest BCUT2D eigenvalue weighted by Gasteiger charge is 2.22. The fourth-order valence-electron chi connectivity index (χ4n) is 3.35. The van der Waals surface area contributed by atoms with Crippen molar-refractivity contribution >= 4 is 5.91 Å². The lowest BCUT2D eigenvalue weighted by atomic mass is 9.86. The van der Waals surface area contributed by atoms with E-state index in [1.165, 1.54) is 44.9 Å². The minimum absolute atomic E-state index is 0.356. The van der Waals surface area contributed by atoms with E-state index in [9.17, 15) is 4.79 Å². The number of nitrogens with one attached hydrogen (secondary N) is 1. The maximum absolute atomic E-state index is 12.2. The molecule has 0 radical (unpaired) electrons. The van der Waals surface area contributed by atoms with Crippen molar-refractivity contribution in [2.75, 3.05) is 20.1 Å². The molecule has 18 heavy (non-hydrogen) atoms. The summed E-state index contributed by atoms with van der Waals surface area (Å²) < 4.78 is 0. The summed E-state index contributed by atoms with van der Waals surface area (Å²) in [6.45, 7) is 2.09. The lowest BCUT2D eigenvalue weighted by Gasteiger charge is -2.32. The molecule has 0 aromatic heterocycles. The quantitative estimate of drug-likeness (QED) is 0.834. The number of likely N-dealkylation sites (N-methyl/N-ethyl adjacent to an activating group) is 1. The number of carbonyl (C=O) groups excluding carboxylic acids is 1. The summed E-state index contributed by atoms with van der Waals surface area (Å²) in [4.78, 5) is 14.2. The molecule has 1 amide bonds. The lowest BCUT2D eigenvalue weighted by Crippen LogP contribution is -2.46. The van der Waals surface area contributed by atoms with Gasteiger partial charge >= 0.3 is 0 Å². The normalized spacial score (nSPS) is 25.9. The zero-order valence-corrected chi connectivity index (χ0v) is 11.8. The summed E-state index contributed by atoms with van der Waals surface area (Å²) in [7, 11) is 1.99. The molecule has 2 fully saturated rings. The Kier molecular flexibility index (Phi) is 5.48. The third-order valence-electron chi connectivity index (χ3n) is 4.70. The molecule has 0 bridgehead atoms. The van der Waals surface area contributed by atoms with Gasteiger partial charge in [0.15, 0.2) is 0 Å². The first-order chi connectivity index (χ1) is 8.77. The van der Waals surface area contributed by atoms with Crippen LogP contribution >= 0.6 is 0 Å². The molecule has 1 aliphatic heterocycles. The van der Waals surface area contributed by atoms with Gasteiger partial charge in [-0.2, -0.15) is 0 Å². The average Bonchev–Trinajstić information content (AvgIpc) is 2.46. The van der Waals surface area contributed by atoms with Gasteiger partial charge in [0.25, 0.3) is 0 Å². The molecule has 0 aromatic carbocycles. The molecular formula is C15H28N2O. The molecule has 1 atom stereocenters. The second kappa shape index (κ2) is 7.13.